The molecule has 4 rings (SSSR count). The number of likely N-dealkylation sites (N-methyl/N-ethyl adjacent to an activating group) is 1. The van der Waals surface area contributed by atoms with Gasteiger partial charge in [0.25, 0.3) is 11.8 Å². The quantitative estimate of drug-likeness (QED) is 0.620. The zero-order valence-corrected chi connectivity index (χ0v) is 19.2. The Morgan fingerprint density at radius 1 is 0.871 bits per heavy atom. The van der Waals surface area contributed by atoms with Crippen LogP contribution < -0.4 is 4.90 Å². The van der Waals surface area contributed by atoms with Gasteiger partial charge in [0.15, 0.2) is 0 Å². The lowest BCUT2D eigenvalue weighted by Gasteiger charge is -2.36. The van der Waals surface area contributed by atoms with Crippen LogP contribution in [0.2, 0.25) is 10.0 Å². The third-order valence-electron chi connectivity index (χ3n) is 6.00. The highest BCUT2D eigenvalue weighted by Crippen LogP contribution is 2.38. The molecule has 1 fully saturated rings. The fourth-order valence-electron chi connectivity index (χ4n) is 4.15. The normalized spacial score (nSPS) is 17.8. The van der Waals surface area contributed by atoms with Crippen molar-refractivity contribution in [3.8, 4) is 0 Å². The van der Waals surface area contributed by atoms with E-state index in [1.165, 1.54) is 4.90 Å². The second-order valence-corrected chi connectivity index (χ2v) is 8.58. The molecule has 0 saturated carbocycles. The first-order valence-corrected chi connectivity index (χ1v) is 11.3. The molecule has 0 atom stereocenters. The smallest absolute Gasteiger partial charge is 0.282 e. The molecule has 2 heterocycles. The van der Waals surface area contributed by atoms with E-state index in [9.17, 15) is 9.59 Å². The van der Waals surface area contributed by atoms with E-state index in [-0.39, 0.29) is 11.8 Å². The van der Waals surface area contributed by atoms with Crippen LogP contribution >= 0.6 is 23.2 Å². The van der Waals surface area contributed by atoms with E-state index in [2.05, 4.69) is 18.7 Å². The lowest BCUT2D eigenvalue weighted by Crippen LogP contribution is -2.47. The Balaban J connectivity index is 1.79. The molecule has 2 aliphatic rings. The molecule has 0 aromatic heterocycles. The third-order valence-corrected chi connectivity index (χ3v) is 6.55. The van der Waals surface area contributed by atoms with E-state index in [1.54, 1.807) is 18.2 Å². The number of anilines is 1. The van der Waals surface area contributed by atoms with Crippen LogP contribution in [0.15, 0.2) is 48.2 Å². The predicted octanol–water partition coefficient (Wildman–Crippen LogP) is 4.48. The molecular weight excluding hydrogens is 433 g/mol. The van der Waals surface area contributed by atoms with Gasteiger partial charge in [-0.1, -0.05) is 55.2 Å². The number of carbonyl (C=O) groups is 2. The van der Waals surface area contributed by atoms with E-state index < -0.39 is 0 Å². The van der Waals surface area contributed by atoms with Crippen molar-refractivity contribution in [2.75, 3.05) is 37.6 Å². The molecule has 2 amide bonds. The molecule has 2 aliphatic heterocycles. The molecule has 0 spiro atoms. The second kappa shape index (κ2) is 9.03. The highest BCUT2D eigenvalue weighted by atomic mass is 35.5. The fraction of sp³-hybridized carbons (Fsp3) is 0.333. The molecule has 0 N–H and O–H groups in total. The number of imide groups is 1. The lowest BCUT2D eigenvalue weighted by molar-refractivity contribution is -0.120. The summed E-state index contributed by atoms with van der Waals surface area (Å²) >= 11 is 12.6. The average molecular weight is 458 g/mol. The zero-order valence-electron chi connectivity index (χ0n) is 17.7. The van der Waals surface area contributed by atoms with Crippen molar-refractivity contribution < 1.29 is 9.59 Å². The van der Waals surface area contributed by atoms with Crippen molar-refractivity contribution in [3.05, 3.63) is 69.3 Å². The minimum Gasteiger partial charge on any atom is -0.364 e. The predicted molar refractivity (Wildman–Crippen MR) is 125 cm³/mol. The van der Waals surface area contributed by atoms with Crippen LogP contribution in [0.25, 0.3) is 5.57 Å². The Morgan fingerprint density at radius 2 is 1.55 bits per heavy atom. The van der Waals surface area contributed by atoms with E-state index in [0.717, 1.165) is 31.6 Å². The van der Waals surface area contributed by atoms with Crippen LogP contribution in [0, 0.1) is 0 Å². The first-order valence-electron chi connectivity index (χ1n) is 10.6. The fourth-order valence-corrected chi connectivity index (χ4v) is 4.65. The Kier molecular flexibility index (Phi) is 6.37. The monoisotopic (exact) mass is 457 g/mol. The van der Waals surface area contributed by atoms with Gasteiger partial charge in [0.1, 0.15) is 5.70 Å². The van der Waals surface area contributed by atoms with Gasteiger partial charge in [-0.25, -0.2) is 4.90 Å². The van der Waals surface area contributed by atoms with Crippen molar-refractivity contribution in [2.45, 2.75) is 20.3 Å². The van der Waals surface area contributed by atoms with Gasteiger partial charge >= 0.3 is 0 Å². The zero-order chi connectivity index (χ0) is 22.1. The first kappa shape index (κ1) is 21.9. The minimum atomic E-state index is -0.355. The summed E-state index contributed by atoms with van der Waals surface area (Å²) in [7, 11) is 0. The van der Waals surface area contributed by atoms with Gasteiger partial charge in [0.2, 0.25) is 0 Å². The molecule has 0 bridgehead atoms. The number of piperazine rings is 1. The van der Waals surface area contributed by atoms with Gasteiger partial charge in [-0.15, -0.1) is 0 Å². The summed E-state index contributed by atoms with van der Waals surface area (Å²) < 4.78 is 0. The van der Waals surface area contributed by atoms with Crippen LogP contribution in [0.5, 0.6) is 0 Å². The van der Waals surface area contributed by atoms with Crippen molar-refractivity contribution >= 4 is 46.3 Å². The summed E-state index contributed by atoms with van der Waals surface area (Å²) in [5.74, 6) is -0.661. The number of aryl methyl sites for hydroxylation is 1. The summed E-state index contributed by atoms with van der Waals surface area (Å²) in [6, 6.07) is 12.6. The molecule has 31 heavy (non-hydrogen) atoms. The van der Waals surface area contributed by atoms with Crippen LogP contribution in [0.1, 0.15) is 25.0 Å². The molecule has 0 aliphatic carbocycles. The first-order chi connectivity index (χ1) is 14.9. The molecule has 2 aromatic rings. The second-order valence-electron chi connectivity index (χ2n) is 7.73. The van der Waals surface area contributed by atoms with Crippen molar-refractivity contribution in [1.82, 2.24) is 9.80 Å². The standard InChI is InChI=1S/C24H25Cl2N3O2/c1-3-16-5-8-18(9-6-16)29-23(30)21(19-10-7-17(25)15-20(19)26)22(24(29)31)28-13-11-27(4-2)12-14-28/h5-10,15H,3-4,11-14H2,1-2H3. The molecule has 1 saturated heterocycles. The van der Waals surface area contributed by atoms with Gasteiger partial charge in [0, 0.05) is 36.8 Å². The van der Waals surface area contributed by atoms with E-state index >= 15 is 0 Å². The van der Waals surface area contributed by atoms with Gasteiger partial charge in [-0.3, -0.25) is 9.59 Å². The van der Waals surface area contributed by atoms with Crippen molar-refractivity contribution in [1.29, 1.82) is 0 Å². The topological polar surface area (TPSA) is 43.9 Å². The largest absolute Gasteiger partial charge is 0.364 e. The van der Waals surface area contributed by atoms with E-state index in [0.29, 0.717) is 45.7 Å². The van der Waals surface area contributed by atoms with Crippen LogP contribution in [0.3, 0.4) is 0 Å². The Labute approximate surface area is 192 Å². The van der Waals surface area contributed by atoms with Gasteiger partial charge in [0.05, 0.1) is 16.3 Å². The molecule has 5 nitrogen and oxygen atoms in total. The summed E-state index contributed by atoms with van der Waals surface area (Å²) in [4.78, 5) is 32.8. The molecule has 0 radical (unpaired) electrons. The summed E-state index contributed by atoms with van der Waals surface area (Å²) in [5, 5.41) is 0.841. The summed E-state index contributed by atoms with van der Waals surface area (Å²) in [6.45, 7) is 8.20. The average Bonchev–Trinajstić information content (AvgIpc) is 3.04. The van der Waals surface area contributed by atoms with Crippen molar-refractivity contribution in [2.24, 2.45) is 0 Å². The van der Waals surface area contributed by atoms with Gasteiger partial charge < -0.3 is 9.80 Å². The van der Waals surface area contributed by atoms with Gasteiger partial charge in [-0.2, -0.15) is 0 Å². The molecular formula is C24H25Cl2N3O2. The molecule has 2 aromatic carbocycles. The van der Waals surface area contributed by atoms with Crippen LogP contribution in [-0.4, -0.2) is 54.3 Å². The summed E-state index contributed by atoms with van der Waals surface area (Å²) in [5.41, 5.74) is 3.01. The number of hydrogen-bond acceptors (Lipinski definition) is 4. The number of rotatable bonds is 5. The van der Waals surface area contributed by atoms with E-state index in [4.69, 9.17) is 23.2 Å². The maximum Gasteiger partial charge on any atom is 0.282 e. The van der Waals surface area contributed by atoms with Gasteiger partial charge in [-0.05, 0) is 42.8 Å². The number of carbonyl (C=O) groups excluding carboxylic acids is 2. The third kappa shape index (κ3) is 4.10. The maximum absolute atomic E-state index is 13.6. The number of halogens is 2. The van der Waals surface area contributed by atoms with Crippen LogP contribution in [0.4, 0.5) is 5.69 Å². The maximum atomic E-state index is 13.6. The lowest BCUT2D eigenvalue weighted by atomic mass is 10.0. The number of benzene rings is 2. The number of amides is 2. The Morgan fingerprint density at radius 3 is 2.13 bits per heavy atom. The number of nitrogens with zero attached hydrogens (tertiary/aromatic N) is 3. The Hall–Kier alpha value is -2.34. The molecule has 0 unspecified atom stereocenters. The number of hydrogen-bond donors (Lipinski definition) is 0. The highest BCUT2D eigenvalue weighted by Gasteiger charge is 2.43. The summed E-state index contributed by atoms with van der Waals surface area (Å²) in [6.07, 6.45) is 0.888. The van der Waals surface area contributed by atoms with Crippen molar-refractivity contribution in [3.63, 3.8) is 0 Å². The van der Waals surface area contributed by atoms with E-state index in [1.807, 2.05) is 29.2 Å². The molecule has 7 heteroatoms. The minimum absolute atomic E-state index is 0.305. The SMILES string of the molecule is CCc1ccc(N2C(=O)C(c3ccc(Cl)cc3Cl)=C(N3CCN(CC)CC3)C2=O)cc1. The molecule has 162 valence electrons. The van der Waals surface area contributed by atoms with Crippen LogP contribution in [-0.2, 0) is 16.0 Å². The Bertz CT molecular complexity index is 1040. The highest BCUT2D eigenvalue weighted by molar-refractivity contribution is 6.47.